The minimum absolute atomic E-state index is 0.0570. The molecule has 1 heterocycles. The van der Waals surface area contributed by atoms with Gasteiger partial charge in [-0.2, -0.15) is 0 Å². The van der Waals surface area contributed by atoms with E-state index in [1.807, 2.05) is 26.8 Å². The molecule has 6 nitrogen and oxygen atoms in total. The number of fused-ring (bicyclic) bond motifs is 1. The van der Waals surface area contributed by atoms with Crippen molar-refractivity contribution in [2.45, 2.75) is 20.8 Å². The fraction of sp³-hybridized carbons (Fsp3) is 0.438. The highest BCUT2D eigenvalue weighted by atomic mass is 32.2. The number of hydrogen-bond donors (Lipinski definition) is 2. The van der Waals surface area contributed by atoms with Gasteiger partial charge in [-0.05, 0) is 37.1 Å². The molecule has 7 heteroatoms. The van der Waals surface area contributed by atoms with Crippen LogP contribution in [0.15, 0.2) is 28.7 Å². The Balaban J connectivity index is 1.86. The van der Waals surface area contributed by atoms with Gasteiger partial charge in [0.1, 0.15) is 11.3 Å². The van der Waals surface area contributed by atoms with Gasteiger partial charge in [-0.25, -0.2) is 13.2 Å². The first kappa shape index (κ1) is 17.3. The van der Waals surface area contributed by atoms with Crippen LogP contribution in [0.2, 0.25) is 0 Å². The molecule has 0 aliphatic rings. The zero-order valence-corrected chi connectivity index (χ0v) is 14.4. The van der Waals surface area contributed by atoms with Crippen molar-refractivity contribution in [3.63, 3.8) is 0 Å². The van der Waals surface area contributed by atoms with E-state index in [1.54, 1.807) is 18.2 Å². The monoisotopic (exact) mass is 338 g/mol. The standard InChI is InChI=1S/C16H22N2O4S/c1-11(2)10-23(20,21)7-6-17-16(19)18-14-4-5-15-13(9-14)8-12(3)22-15/h4-5,8-9,11H,6-7,10H2,1-3H3,(H2,17,18,19). The average Bonchev–Trinajstić information content (AvgIpc) is 2.76. The number of amides is 2. The molecule has 1 aromatic heterocycles. The van der Waals surface area contributed by atoms with Crippen LogP contribution in [-0.2, 0) is 9.84 Å². The fourth-order valence-electron chi connectivity index (χ4n) is 2.34. The van der Waals surface area contributed by atoms with E-state index in [4.69, 9.17) is 4.42 Å². The maximum absolute atomic E-state index is 11.8. The molecule has 0 saturated heterocycles. The van der Waals surface area contributed by atoms with Gasteiger partial charge < -0.3 is 15.1 Å². The molecule has 0 spiro atoms. The van der Waals surface area contributed by atoms with Crippen LogP contribution in [0.4, 0.5) is 10.5 Å². The second kappa shape index (κ2) is 7.04. The van der Waals surface area contributed by atoms with Gasteiger partial charge in [0.05, 0.1) is 11.5 Å². The normalized spacial score (nSPS) is 11.8. The number of nitrogens with one attached hydrogen (secondary N) is 2. The Bertz CT molecular complexity index is 794. The molecule has 2 aromatic rings. The zero-order valence-electron chi connectivity index (χ0n) is 13.5. The maximum atomic E-state index is 11.8. The van der Waals surface area contributed by atoms with Crippen LogP contribution in [-0.4, -0.2) is 32.5 Å². The summed E-state index contributed by atoms with van der Waals surface area (Å²) in [5.41, 5.74) is 1.38. The molecule has 0 unspecified atom stereocenters. The maximum Gasteiger partial charge on any atom is 0.319 e. The zero-order chi connectivity index (χ0) is 17.0. The molecule has 0 atom stereocenters. The quantitative estimate of drug-likeness (QED) is 0.847. The number of furan rings is 1. The molecule has 2 rings (SSSR count). The molecule has 0 saturated carbocycles. The van der Waals surface area contributed by atoms with Gasteiger partial charge >= 0.3 is 6.03 Å². The van der Waals surface area contributed by atoms with Gasteiger partial charge in [-0.3, -0.25) is 0 Å². The third-order valence-electron chi connectivity index (χ3n) is 3.18. The summed E-state index contributed by atoms with van der Waals surface area (Å²) in [5.74, 6) is 0.960. The van der Waals surface area contributed by atoms with E-state index < -0.39 is 15.9 Å². The molecule has 23 heavy (non-hydrogen) atoms. The molecule has 0 bridgehead atoms. The van der Waals surface area contributed by atoms with E-state index >= 15 is 0 Å². The van der Waals surface area contributed by atoms with E-state index in [0.717, 1.165) is 16.7 Å². The number of hydrogen-bond acceptors (Lipinski definition) is 4. The summed E-state index contributed by atoms with van der Waals surface area (Å²) in [6.45, 7) is 5.65. The van der Waals surface area contributed by atoms with Gasteiger partial charge in [0.15, 0.2) is 9.84 Å². The van der Waals surface area contributed by atoms with Gasteiger partial charge in [-0.15, -0.1) is 0 Å². The topological polar surface area (TPSA) is 88.4 Å². The largest absolute Gasteiger partial charge is 0.461 e. The molecule has 126 valence electrons. The van der Waals surface area contributed by atoms with Gasteiger partial charge in [0.2, 0.25) is 0 Å². The van der Waals surface area contributed by atoms with Crippen LogP contribution < -0.4 is 10.6 Å². The summed E-state index contributed by atoms with van der Waals surface area (Å²) in [7, 11) is -3.13. The second-order valence-electron chi connectivity index (χ2n) is 6.00. The van der Waals surface area contributed by atoms with Crippen molar-refractivity contribution < 1.29 is 17.6 Å². The molecular formula is C16H22N2O4S. The Morgan fingerprint density at radius 3 is 2.70 bits per heavy atom. The Morgan fingerprint density at radius 1 is 1.26 bits per heavy atom. The highest BCUT2D eigenvalue weighted by Gasteiger charge is 2.13. The number of aryl methyl sites for hydroxylation is 1. The minimum Gasteiger partial charge on any atom is -0.461 e. The lowest BCUT2D eigenvalue weighted by Gasteiger charge is -2.09. The Labute approximate surface area is 136 Å². The van der Waals surface area contributed by atoms with E-state index in [0.29, 0.717) is 5.69 Å². The van der Waals surface area contributed by atoms with Gasteiger partial charge in [0, 0.05) is 17.6 Å². The van der Waals surface area contributed by atoms with Crippen molar-refractivity contribution in [2.24, 2.45) is 5.92 Å². The molecular weight excluding hydrogens is 316 g/mol. The SMILES string of the molecule is Cc1cc2cc(NC(=O)NCCS(=O)(=O)CC(C)C)ccc2o1. The van der Waals surface area contributed by atoms with E-state index in [-0.39, 0.29) is 24.0 Å². The number of carbonyl (C=O) groups is 1. The van der Waals surface area contributed by atoms with Crippen LogP contribution in [0.1, 0.15) is 19.6 Å². The first-order chi connectivity index (χ1) is 10.7. The van der Waals surface area contributed by atoms with Crippen molar-refractivity contribution in [1.29, 1.82) is 0 Å². The predicted molar refractivity (Wildman–Crippen MR) is 91.5 cm³/mol. The van der Waals surface area contributed by atoms with Gasteiger partial charge in [-0.1, -0.05) is 13.8 Å². The van der Waals surface area contributed by atoms with Crippen LogP contribution in [0.3, 0.4) is 0 Å². The molecule has 0 fully saturated rings. The van der Waals surface area contributed by atoms with E-state index in [2.05, 4.69) is 10.6 Å². The Kier molecular flexibility index (Phi) is 5.30. The first-order valence-corrected chi connectivity index (χ1v) is 9.33. The smallest absolute Gasteiger partial charge is 0.319 e. The first-order valence-electron chi connectivity index (χ1n) is 7.50. The molecule has 1 aromatic carbocycles. The second-order valence-corrected chi connectivity index (χ2v) is 8.23. The summed E-state index contributed by atoms with van der Waals surface area (Å²) >= 11 is 0. The molecule has 0 aliphatic heterocycles. The van der Waals surface area contributed by atoms with Crippen molar-refractivity contribution in [3.05, 3.63) is 30.0 Å². The van der Waals surface area contributed by atoms with Crippen molar-refractivity contribution in [2.75, 3.05) is 23.4 Å². The summed E-state index contributed by atoms with van der Waals surface area (Å²) in [6, 6.07) is 6.78. The number of urea groups is 1. The Hall–Kier alpha value is -2.02. The van der Waals surface area contributed by atoms with E-state index in [9.17, 15) is 13.2 Å². The summed E-state index contributed by atoms with van der Waals surface area (Å²) in [4.78, 5) is 11.8. The van der Waals surface area contributed by atoms with E-state index in [1.165, 1.54) is 0 Å². The van der Waals surface area contributed by atoms with Gasteiger partial charge in [0.25, 0.3) is 0 Å². The lowest BCUT2D eigenvalue weighted by molar-refractivity contribution is 0.252. The third-order valence-corrected chi connectivity index (χ3v) is 5.18. The molecule has 2 amide bonds. The van der Waals surface area contributed by atoms with Crippen molar-refractivity contribution in [1.82, 2.24) is 5.32 Å². The third kappa shape index (κ3) is 5.28. The lowest BCUT2D eigenvalue weighted by Crippen LogP contribution is -2.33. The van der Waals surface area contributed by atoms with Crippen LogP contribution in [0, 0.1) is 12.8 Å². The molecule has 0 radical (unpaired) electrons. The van der Waals surface area contributed by atoms with Crippen LogP contribution in [0.25, 0.3) is 11.0 Å². The Morgan fingerprint density at radius 2 is 2.00 bits per heavy atom. The average molecular weight is 338 g/mol. The van der Waals surface area contributed by atoms with Crippen LogP contribution in [0.5, 0.6) is 0 Å². The molecule has 2 N–H and O–H groups in total. The van der Waals surface area contributed by atoms with Crippen molar-refractivity contribution in [3.8, 4) is 0 Å². The van der Waals surface area contributed by atoms with Crippen molar-refractivity contribution >= 4 is 32.5 Å². The number of sulfone groups is 1. The number of benzene rings is 1. The van der Waals surface area contributed by atoms with Crippen LogP contribution >= 0.6 is 0 Å². The minimum atomic E-state index is -3.13. The fourth-order valence-corrected chi connectivity index (χ4v) is 3.94. The number of anilines is 1. The summed E-state index contributed by atoms with van der Waals surface area (Å²) in [6.07, 6.45) is 0. The number of carbonyl (C=O) groups excluding carboxylic acids is 1. The lowest BCUT2D eigenvalue weighted by atomic mass is 10.2. The number of rotatable bonds is 6. The highest BCUT2D eigenvalue weighted by Crippen LogP contribution is 2.22. The predicted octanol–water partition coefficient (Wildman–Crippen LogP) is 2.93. The summed E-state index contributed by atoms with van der Waals surface area (Å²) < 4.78 is 29.0. The summed E-state index contributed by atoms with van der Waals surface area (Å²) in [5, 5.41) is 6.15. The molecule has 0 aliphatic carbocycles. The highest BCUT2D eigenvalue weighted by molar-refractivity contribution is 7.91.